The third-order valence-corrected chi connectivity index (χ3v) is 1.66. The van der Waals surface area contributed by atoms with Crippen molar-refractivity contribution in [1.29, 1.82) is 0 Å². The van der Waals surface area contributed by atoms with Crippen molar-refractivity contribution in [2.45, 2.75) is 33.7 Å². The topological polar surface area (TPSA) is 60.7 Å². The van der Waals surface area contributed by atoms with Crippen LogP contribution in [0.4, 0.5) is 0 Å². The van der Waals surface area contributed by atoms with Gasteiger partial charge in [0, 0.05) is 0 Å². The molecule has 0 saturated carbocycles. The third-order valence-electron chi connectivity index (χ3n) is 1.66. The lowest BCUT2D eigenvalue weighted by Crippen LogP contribution is -1.93. The number of aliphatic hydroxyl groups excluding tert-OH is 3. The van der Waals surface area contributed by atoms with E-state index in [-0.39, 0.29) is 19.8 Å². The normalized spacial score (nSPS) is 9.21. The molecule has 14 heavy (non-hydrogen) atoms. The van der Waals surface area contributed by atoms with Crippen molar-refractivity contribution in [3.05, 3.63) is 34.9 Å². The summed E-state index contributed by atoms with van der Waals surface area (Å²) >= 11 is 0. The summed E-state index contributed by atoms with van der Waals surface area (Å²) in [6.07, 6.45) is 0. The van der Waals surface area contributed by atoms with E-state index in [9.17, 15) is 0 Å². The summed E-state index contributed by atoms with van der Waals surface area (Å²) in [6, 6.07) is 5.12. The van der Waals surface area contributed by atoms with Gasteiger partial charge in [-0.15, -0.1) is 0 Å². The number of rotatable bonds is 3. The van der Waals surface area contributed by atoms with Crippen LogP contribution in [0.25, 0.3) is 0 Å². The van der Waals surface area contributed by atoms with E-state index in [1.807, 2.05) is 13.8 Å². The molecule has 0 amide bonds. The molecule has 0 aliphatic carbocycles. The maximum Gasteiger partial charge on any atom is 0.0682 e. The second-order valence-electron chi connectivity index (χ2n) is 2.63. The average molecular weight is 198 g/mol. The minimum atomic E-state index is -0.0686. The van der Waals surface area contributed by atoms with Gasteiger partial charge in [0.15, 0.2) is 0 Å². The molecule has 0 saturated heterocycles. The van der Waals surface area contributed by atoms with Crippen molar-refractivity contribution >= 4 is 0 Å². The Morgan fingerprint density at radius 2 is 0.929 bits per heavy atom. The first-order valence-electron chi connectivity index (χ1n) is 4.74. The Hall–Kier alpha value is -0.900. The van der Waals surface area contributed by atoms with Gasteiger partial charge in [-0.2, -0.15) is 0 Å². The summed E-state index contributed by atoms with van der Waals surface area (Å²) in [5, 5.41) is 26.4. The molecule has 0 unspecified atom stereocenters. The highest BCUT2D eigenvalue weighted by atomic mass is 16.3. The third kappa shape index (κ3) is 3.87. The van der Waals surface area contributed by atoms with Gasteiger partial charge in [-0.3, -0.25) is 0 Å². The molecule has 3 nitrogen and oxygen atoms in total. The Morgan fingerprint density at radius 3 is 1.07 bits per heavy atom. The van der Waals surface area contributed by atoms with Crippen molar-refractivity contribution in [2.24, 2.45) is 0 Å². The molecule has 3 heteroatoms. The van der Waals surface area contributed by atoms with Gasteiger partial charge in [-0.1, -0.05) is 32.0 Å². The van der Waals surface area contributed by atoms with Crippen molar-refractivity contribution in [1.82, 2.24) is 0 Å². The Morgan fingerprint density at radius 1 is 0.714 bits per heavy atom. The van der Waals surface area contributed by atoms with Gasteiger partial charge in [0.1, 0.15) is 0 Å². The van der Waals surface area contributed by atoms with Crippen molar-refractivity contribution in [3.63, 3.8) is 0 Å². The molecule has 0 fully saturated rings. The van der Waals surface area contributed by atoms with Crippen LogP contribution in [-0.2, 0) is 19.8 Å². The number of hydrogen-bond donors (Lipinski definition) is 3. The van der Waals surface area contributed by atoms with Gasteiger partial charge in [0.05, 0.1) is 19.8 Å². The second-order valence-corrected chi connectivity index (χ2v) is 2.63. The highest BCUT2D eigenvalue weighted by Gasteiger charge is 1.98. The largest absolute Gasteiger partial charge is 0.392 e. The van der Waals surface area contributed by atoms with Gasteiger partial charge < -0.3 is 15.3 Å². The van der Waals surface area contributed by atoms with Crippen LogP contribution in [0, 0.1) is 0 Å². The van der Waals surface area contributed by atoms with Crippen LogP contribution < -0.4 is 0 Å². The smallest absolute Gasteiger partial charge is 0.0682 e. The molecular weight excluding hydrogens is 180 g/mol. The van der Waals surface area contributed by atoms with Crippen molar-refractivity contribution < 1.29 is 15.3 Å². The first-order chi connectivity index (χ1) is 6.80. The molecule has 0 aliphatic rings. The van der Waals surface area contributed by atoms with Gasteiger partial charge in [-0.05, 0) is 16.7 Å². The molecular formula is C11H18O3. The molecule has 0 heterocycles. The lowest BCUT2D eigenvalue weighted by atomic mass is 10.1. The molecule has 1 rings (SSSR count). The Labute approximate surface area is 84.6 Å². The van der Waals surface area contributed by atoms with Gasteiger partial charge in [-0.25, -0.2) is 0 Å². The standard InChI is InChI=1S/C9H12O3.C2H6/c10-4-7-1-8(5-11)3-9(2-7)6-12;1-2/h1-3,10-12H,4-6H2;1-2H3. The van der Waals surface area contributed by atoms with Crippen molar-refractivity contribution in [3.8, 4) is 0 Å². The van der Waals surface area contributed by atoms with E-state index >= 15 is 0 Å². The van der Waals surface area contributed by atoms with Crippen LogP contribution in [0.15, 0.2) is 18.2 Å². The van der Waals surface area contributed by atoms with Crippen LogP contribution in [0.2, 0.25) is 0 Å². The summed E-state index contributed by atoms with van der Waals surface area (Å²) in [7, 11) is 0. The highest BCUT2D eigenvalue weighted by Crippen LogP contribution is 2.10. The van der Waals surface area contributed by atoms with Crippen LogP contribution >= 0.6 is 0 Å². The quantitative estimate of drug-likeness (QED) is 0.683. The summed E-state index contributed by atoms with van der Waals surface area (Å²) in [5.41, 5.74) is 2.14. The fourth-order valence-electron chi connectivity index (χ4n) is 1.11. The molecule has 1 aromatic carbocycles. The average Bonchev–Trinajstić information content (AvgIpc) is 2.30. The van der Waals surface area contributed by atoms with E-state index in [0.717, 1.165) is 0 Å². The fourth-order valence-corrected chi connectivity index (χ4v) is 1.11. The molecule has 0 aliphatic heterocycles. The first kappa shape index (κ1) is 13.1. The van der Waals surface area contributed by atoms with Gasteiger partial charge in [0.2, 0.25) is 0 Å². The number of aliphatic hydroxyl groups is 3. The first-order valence-corrected chi connectivity index (χ1v) is 4.74. The maximum atomic E-state index is 8.81. The Balaban J connectivity index is 0.000000791. The monoisotopic (exact) mass is 198 g/mol. The zero-order valence-corrected chi connectivity index (χ0v) is 8.70. The maximum absolute atomic E-state index is 8.81. The van der Waals surface area contributed by atoms with E-state index in [2.05, 4.69) is 0 Å². The Kier molecular flexibility index (Phi) is 7.02. The van der Waals surface area contributed by atoms with Gasteiger partial charge in [0.25, 0.3) is 0 Å². The summed E-state index contributed by atoms with van der Waals surface area (Å²) < 4.78 is 0. The molecule has 0 spiro atoms. The summed E-state index contributed by atoms with van der Waals surface area (Å²) in [4.78, 5) is 0. The molecule has 80 valence electrons. The van der Waals surface area contributed by atoms with Crippen LogP contribution in [0.3, 0.4) is 0 Å². The lowest BCUT2D eigenvalue weighted by Gasteiger charge is -2.03. The van der Waals surface area contributed by atoms with E-state index < -0.39 is 0 Å². The molecule has 0 atom stereocenters. The molecule has 3 N–H and O–H groups in total. The Bertz CT molecular complexity index is 203. The zero-order chi connectivity index (χ0) is 11.0. The predicted octanol–water partition coefficient (Wildman–Crippen LogP) is 1.19. The highest BCUT2D eigenvalue weighted by molar-refractivity contribution is 5.29. The lowest BCUT2D eigenvalue weighted by molar-refractivity contribution is 0.269. The fraction of sp³-hybridized carbons (Fsp3) is 0.455. The van der Waals surface area contributed by atoms with Crippen molar-refractivity contribution in [2.75, 3.05) is 0 Å². The van der Waals surface area contributed by atoms with Crippen LogP contribution in [-0.4, -0.2) is 15.3 Å². The molecule has 0 radical (unpaired) electrons. The second kappa shape index (κ2) is 7.50. The van der Waals surface area contributed by atoms with E-state index in [4.69, 9.17) is 15.3 Å². The molecule has 0 bridgehead atoms. The molecule has 1 aromatic rings. The minimum Gasteiger partial charge on any atom is -0.392 e. The SMILES string of the molecule is CC.OCc1cc(CO)cc(CO)c1. The van der Waals surface area contributed by atoms with Crippen LogP contribution in [0.5, 0.6) is 0 Å². The number of benzene rings is 1. The van der Waals surface area contributed by atoms with Crippen LogP contribution in [0.1, 0.15) is 30.5 Å². The summed E-state index contributed by atoms with van der Waals surface area (Å²) in [5.74, 6) is 0. The van der Waals surface area contributed by atoms with E-state index in [0.29, 0.717) is 16.7 Å². The predicted molar refractivity (Wildman–Crippen MR) is 55.6 cm³/mol. The molecule has 0 aromatic heterocycles. The zero-order valence-electron chi connectivity index (χ0n) is 8.70. The van der Waals surface area contributed by atoms with E-state index in [1.54, 1.807) is 18.2 Å². The van der Waals surface area contributed by atoms with Gasteiger partial charge >= 0.3 is 0 Å². The number of hydrogen-bond acceptors (Lipinski definition) is 3. The summed E-state index contributed by atoms with van der Waals surface area (Å²) in [6.45, 7) is 3.79. The van der Waals surface area contributed by atoms with E-state index in [1.165, 1.54) is 0 Å². The minimum absolute atomic E-state index is 0.0686.